The summed E-state index contributed by atoms with van der Waals surface area (Å²) in [5, 5.41) is 14.6. The maximum absolute atomic E-state index is 11.7. The van der Waals surface area contributed by atoms with Gasteiger partial charge in [-0.15, -0.1) is 11.3 Å². The zero-order valence-corrected chi connectivity index (χ0v) is 10.9. The maximum Gasteiger partial charge on any atom is 0.261 e. The van der Waals surface area contributed by atoms with Gasteiger partial charge in [-0.3, -0.25) is 4.79 Å². The Hall–Kier alpha value is -1.65. The first kappa shape index (κ1) is 12.8. The van der Waals surface area contributed by atoms with Crippen LogP contribution >= 0.6 is 11.3 Å². The van der Waals surface area contributed by atoms with Crippen LogP contribution in [-0.2, 0) is 0 Å². The first-order chi connectivity index (χ1) is 8.68. The van der Waals surface area contributed by atoms with E-state index in [0.29, 0.717) is 4.88 Å². The molecule has 1 atom stereocenters. The molecule has 2 N–H and O–H groups in total. The number of thiophene rings is 1. The Labute approximate surface area is 110 Å². The first-order valence-electron chi connectivity index (χ1n) is 5.74. The first-order valence-corrected chi connectivity index (χ1v) is 6.61. The Balaban J connectivity index is 1.95. The molecular weight excluding hydrogens is 246 g/mol. The van der Waals surface area contributed by atoms with E-state index >= 15 is 0 Å². The van der Waals surface area contributed by atoms with Gasteiger partial charge < -0.3 is 10.4 Å². The number of aliphatic hydroxyl groups excluding tert-OH is 1. The standard InChI is InChI=1S/C14H15NO2S/c1-10-5-2-3-6-11(10)12(16)9-15-14(17)13-7-4-8-18-13/h2-8,12,16H,9H2,1H3,(H,15,17). The number of aliphatic hydroxyl groups is 1. The fourth-order valence-electron chi connectivity index (χ4n) is 1.75. The highest BCUT2D eigenvalue weighted by atomic mass is 32.1. The second-order valence-electron chi connectivity index (χ2n) is 4.06. The number of hydrogen-bond acceptors (Lipinski definition) is 3. The Morgan fingerprint density at radius 2 is 2.11 bits per heavy atom. The molecule has 4 heteroatoms. The van der Waals surface area contributed by atoms with E-state index in [9.17, 15) is 9.90 Å². The third-order valence-electron chi connectivity index (χ3n) is 2.75. The van der Waals surface area contributed by atoms with E-state index in [1.54, 1.807) is 6.07 Å². The lowest BCUT2D eigenvalue weighted by Gasteiger charge is -2.14. The van der Waals surface area contributed by atoms with Crippen LogP contribution < -0.4 is 5.32 Å². The molecule has 0 aliphatic heterocycles. The quantitative estimate of drug-likeness (QED) is 0.888. The summed E-state index contributed by atoms with van der Waals surface area (Å²) < 4.78 is 0. The van der Waals surface area contributed by atoms with Gasteiger partial charge in [0, 0.05) is 6.54 Å². The predicted molar refractivity (Wildman–Crippen MR) is 72.8 cm³/mol. The minimum absolute atomic E-state index is 0.141. The van der Waals surface area contributed by atoms with Gasteiger partial charge in [0.1, 0.15) is 0 Å². The SMILES string of the molecule is Cc1ccccc1C(O)CNC(=O)c1cccs1. The van der Waals surface area contributed by atoms with Gasteiger partial charge in [-0.25, -0.2) is 0 Å². The number of rotatable bonds is 4. The lowest BCUT2D eigenvalue weighted by Crippen LogP contribution is -2.27. The Morgan fingerprint density at radius 1 is 1.33 bits per heavy atom. The van der Waals surface area contributed by atoms with Crippen molar-refractivity contribution < 1.29 is 9.90 Å². The number of benzene rings is 1. The van der Waals surface area contributed by atoms with Crippen molar-refractivity contribution in [2.24, 2.45) is 0 Å². The van der Waals surface area contributed by atoms with Gasteiger partial charge in [-0.2, -0.15) is 0 Å². The maximum atomic E-state index is 11.7. The highest BCUT2D eigenvalue weighted by molar-refractivity contribution is 7.12. The molecule has 3 nitrogen and oxygen atoms in total. The zero-order chi connectivity index (χ0) is 13.0. The normalized spacial score (nSPS) is 12.1. The Kier molecular flexibility index (Phi) is 4.12. The molecule has 1 heterocycles. The summed E-state index contributed by atoms with van der Waals surface area (Å²) >= 11 is 1.39. The van der Waals surface area contributed by atoms with Crippen molar-refractivity contribution in [3.63, 3.8) is 0 Å². The van der Waals surface area contributed by atoms with Crippen LogP contribution in [-0.4, -0.2) is 17.6 Å². The average molecular weight is 261 g/mol. The highest BCUT2D eigenvalue weighted by Crippen LogP contribution is 2.16. The number of carbonyl (C=O) groups excluding carboxylic acids is 1. The van der Waals surface area contributed by atoms with Crippen LogP contribution in [0.4, 0.5) is 0 Å². The topological polar surface area (TPSA) is 49.3 Å². The number of aryl methyl sites for hydroxylation is 1. The summed E-state index contributed by atoms with van der Waals surface area (Å²) in [7, 11) is 0. The van der Waals surface area contributed by atoms with E-state index in [1.807, 2.05) is 42.6 Å². The minimum Gasteiger partial charge on any atom is -0.387 e. The third-order valence-corrected chi connectivity index (χ3v) is 3.62. The number of hydrogen-bond donors (Lipinski definition) is 2. The van der Waals surface area contributed by atoms with Gasteiger partial charge in [-0.1, -0.05) is 30.3 Å². The molecule has 0 radical (unpaired) electrons. The summed E-state index contributed by atoms with van der Waals surface area (Å²) in [6.45, 7) is 2.17. The molecule has 0 bridgehead atoms. The minimum atomic E-state index is -0.671. The predicted octanol–water partition coefficient (Wildman–Crippen LogP) is 2.52. The smallest absolute Gasteiger partial charge is 0.261 e. The molecule has 2 aromatic rings. The lowest BCUT2D eigenvalue weighted by atomic mass is 10.0. The summed E-state index contributed by atoms with van der Waals surface area (Å²) in [6, 6.07) is 11.2. The highest BCUT2D eigenvalue weighted by Gasteiger charge is 2.12. The van der Waals surface area contributed by atoms with Crippen LogP contribution in [0.1, 0.15) is 26.9 Å². The molecule has 94 valence electrons. The second-order valence-corrected chi connectivity index (χ2v) is 5.01. The van der Waals surface area contributed by atoms with E-state index in [4.69, 9.17) is 0 Å². The van der Waals surface area contributed by atoms with Gasteiger partial charge in [0.2, 0.25) is 0 Å². The molecule has 0 saturated carbocycles. The van der Waals surface area contributed by atoms with Crippen molar-refractivity contribution in [2.75, 3.05) is 6.54 Å². The molecule has 1 aromatic heterocycles. The van der Waals surface area contributed by atoms with Crippen LogP contribution in [0.2, 0.25) is 0 Å². The van der Waals surface area contributed by atoms with Crippen LogP contribution in [0.5, 0.6) is 0 Å². The third kappa shape index (κ3) is 2.97. The number of amides is 1. The fraction of sp³-hybridized carbons (Fsp3) is 0.214. The zero-order valence-electron chi connectivity index (χ0n) is 10.1. The van der Waals surface area contributed by atoms with Crippen molar-refractivity contribution in [2.45, 2.75) is 13.0 Å². The summed E-state index contributed by atoms with van der Waals surface area (Å²) in [6.07, 6.45) is -0.671. The van der Waals surface area contributed by atoms with Gasteiger partial charge in [0.15, 0.2) is 0 Å². The van der Waals surface area contributed by atoms with Crippen molar-refractivity contribution in [1.82, 2.24) is 5.32 Å². The molecule has 1 amide bonds. The van der Waals surface area contributed by atoms with Crippen LogP contribution in [0.25, 0.3) is 0 Å². The molecule has 2 rings (SSSR count). The van der Waals surface area contributed by atoms with E-state index in [2.05, 4.69) is 5.32 Å². The molecular formula is C14H15NO2S. The fourth-order valence-corrected chi connectivity index (χ4v) is 2.39. The number of nitrogens with one attached hydrogen (secondary N) is 1. The molecule has 0 saturated heterocycles. The lowest BCUT2D eigenvalue weighted by molar-refractivity contribution is 0.0920. The Bertz CT molecular complexity index is 522. The van der Waals surface area contributed by atoms with Crippen molar-refractivity contribution in [3.8, 4) is 0 Å². The average Bonchev–Trinajstić information content (AvgIpc) is 2.90. The van der Waals surface area contributed by atoms with Crippen LogP contribution in [0, 0.1) is 6.92 Å². The molecule has 1 unspecified atom stereocenters. The molecule has 0 spiro atoms. The Morgan fingerprint density at radius 3 is 2.78 bits per heavy atom. The summed E-state index contributed by atoms with van der Waals surface area (Å²) in [5.41, 5.74) is 1.87. The van der Waals surface area contributed by atoms with Crippen molar-refractivity contribution >= 4 is 17.2 Å². The van der Waals surface area contributed by atoms with E-state index in [1.165, 1.54) is 11.3 Å². The largest absolute Gasteiger partial charge is 0.387 e. The number of carbonyl (C=O) groups is 1. The van der Waals surface area contributed by atoms with Crippen LogP contribution in [0.15, 0.2) is 41.8 Å². The molecule has 0 aliphatic carbocycles. The van der Waals surface area contributed by atoms with Gasteiger partial charge in [0.25, 0.3) is 5.91 Å². The van der Waals surface area contributed by atoms with Gasteiger partial charge in [0.05, 0.1) is 11.0 Å². The van der Waals surface area contributed by atoms with E-state index in [-0.39, 0.29) is 12.5 Å². The van der Waals surface area contributed by atoms with E-state index in [0.717, 1.165) is 11.1 Å². The van der Waals surface area contributed by atoms with Crippen LogP contribution in [0.3, 0.4) is 0 Å². The molecule has 1 aromatic carbocycles. The second kappa shape index (κ2) is 5.80. The summed E-state index contributed by atoms with van der Waals surface area (Å²) in [5.74, 6) is -0.141. The van der Waals surface area contributed by atoms with Gasteiger partial charge in [-0.05, 0) is 29.5 Å². The monoisotopic (exact) mass is 261 g/mol. The summed E-state index contributed by atoms with van der Waals surface area (Å²) in [4.78, 5) is 12.4. The van der Waals surface area contributed by atoms with E-state index < -0.39 is 6.10 Å². The molecule has 0 aliphatic rings. The van der Waals surface area contributed by atoms with Gasteiger partial charge >= 0.3 is 0 Å². The van der Waals surface area contributed by atoms with Crippen molar-refractivity contribution in [1.29, 1.82) is 0 Å². The molecule has 0 fully saturated rings. The van der Waals surface area contributed by atoms with Crippen molar-refractivity contribution in [3.05, 3.63) is 57.8 Å². The molecule has 18 heavy (non-hydrogen) atoms.